The zero-order chi connectivity index (χ0) is 17.7. The van der Waals surface area contributed by atoms with Gasteiger partial charge in [-0.25, -0.2) is 9.97 Å². The van der Waals surface area contributed by atoms with Gasteiger partial charge >= 0.3 is 0 Å². The van der Waals surface area contributed by atoms with Crippen molar-refractivity contribution >= 4 is 33.6 Å². The molecule has 0 saturated carbocycles. The minimum Gasteiger partial charge on any atom is -0.341 e. The van der Waals surface area contributed by atoms with Gasteiger partial charge in [0.25, 0.3) is 0 Å². The molecule has 0 saturated heterocycles. The molecule has 0 unspecified atom stereocenters. The van der Waals surface area contributed by atoms with Crippen molar-refractivity contribution in [1.82, 2.24) is 14.9 Å². The van der Waals surface area contributed by atoms with Crippen LogP contribution in [0.5, 0.6) is 0 Å². The number of carbonyl (C=O) groups excluding carboxylic acids is 1. The van der Waals surface area contributed by atoms with Gasteiger partial charge in [-0.3, -0.25) is 4.79 Å². The minimum absolute atomic E-state index is 0.130. The van der Waals surface area contributed by atoms with E-state index in [1.165, 1.54) is 11.8 Å². The number of halogens is 1. The Balaban J connectivity index is 1.96. The molecule has 1 aromatic carbocycles. The van der Waals surface area contributed by atoms with Gasteiger partial charge in [-0.15, -0.1) is 0 Å². The molecule has 128 valence electrons. The van der Waals surface area contributed by atoms with Crippen molar-refractivity contribution in [2.24, 2.45) is 0 Å². The number of benzene rings is 1. The lowest BCUT2D eigenvalue weighted by Gasteiger charge is -2.18. The lowest BCUT2D eigenvalue weighted by atomic mass is 10.1. The molecule has 2 rings (SSSR count). The Morgan fingerprint density at radius 1 is 1.17 bits per heavy atom. The van der Waals surface area contributed by atoms with E-state index in [0.29, 0.717) is 19.4 Å². The second kappa shape index (κ2) is 8.62. The van der Waals surface area contributed by atoms with Crippen molar-refractivity contribution in [2.75, 3.05) is 13.3 Å². The Kier molecular flexibility index (Phi) is 6.80. The molecule has 1 amide bonds. The molecule has 0 spiro atoms. The number of aromatic nitrogens is 2. The van der Waals surface area contributed by atoms with E-state index < -0.39 is 0 Å². The van der Waals surface area contributed by atoms with Crippen molar-refractivity contribution in [1.29, 1.82) is 0 Å². The fourth-order valence-electron chi connectivity index (χ4n) is 2.54. The van der Waals surface area contributed by atoms with E-state index in [9.17, 15) is 4.79 Å². The maximum Gasteiger partial charge on any atom is 0.222 e. The molecule has 0 aliphatic carbocycles. The number of thioether (sulfide) groups is 1. The number of hydrogen-bond donors (Lipinski definition) is 0. The summed E-state index contributed by atoms with van der Waals surface area (Å²) in [5, 5.41) is 0.785. The van der Waals surface area contributed by atoms with Gasteiger partial charge in [0, 0.05) is 35.9 Å². The molecule has 0 aliphatic heterocycles. The van der Waals surface area contributed by atoms with Crippen LogP contribution in [0, 0.1) is 13.8 Å². The third-order valence-electron chi connectivity index (χ3n) is 3.93. The Morgan fingerprint density at radius 3 is 2.29 bits per heavy atom. The monoisotopic (exact) mass is 407 g/mol. The zero-order valence-corrected chi connectivity index (χ0v) is 16.9. The Hall–Kier alpha value is -1.40. The Labute approximate surface area is 156 Å². The van der Waals surface area contributed by atoms with Gasteiger partial charge in [0.05, 0.1) is 0 Å². The van der Waals surface area contributed by atoms with Crippen molar-refractivity contribution in [3.8, 4) is 0 Å². The topological polar surface area (TPSA) is 46.1 Å². The molecule has 1 heterocycles. The number of hydrogen-bond acceptors (Lipinski definition) is 4. The fraction of sp³-hybridized carbons (Fsp3) is 0.389. The highest BCUT2D eigenvalue weighted by Gasteiger charge is 2.13. The molecule has 1 aromatic heterocycles. The summed E-state index contributed by atoms with van der Waals surface area (Å²) in [6, 6.07) is 8.03. The summed E-state index contributed by atoms with van der Waals surface area (Å²) in [5.74, 6) is 0.130. The lowest BCUT2D eigenvalue weighted by molar-refractivity contribution is -0.130. The van der Waals surface area contributed by atoms with E-state index in [-0.39, 0.29) is 5.91 Å². The van der Waals surface area contributed by atoms with Gasteiger partial charge < -0.3 is 4.90 Å². The molecule has 0 radical (unpaired) electrons. The van der Waals surface area contributed by atoms with E-state index in [1.807, 2.05) is 51.4 Å². The predicted octanol–water partition coefficient (Wildman–Crippen LogP) is 4.17. The first-order valence-corrected chi connectivity index (χ1v) is 9.79. The zero-order valence-electron chi connectivity index (χ0n) is 14.5. The van der Waals surface area contributed by atoms with E-state index in [4.69, 9.17) is 0 Å². The van der Waals surface area contributed by atoms with Crippen LogP contribution >= 0.6 is 27.7 Å². The smallest absolute Gasteiger partial charge is 0.222 e. The molecule has 0 atom stereocenters. The van der Waals surface area contributed by atoms with Gasteiger partial charge in [-0.05, 0) is 49.8 Å². The quantitative estimate of drug-likeness (QED) is 0.532. The minimum atomic E-state index is 0.130. The molecule has 0 fully saturated rings. The molecule has 4 nitrogen and oxygen atoms in total. The van der Waals surface area contributed by atoms with Crippen LogP contribution in [0.2, 0.25) is 0 Å². The maximum absolute atomic E-state index is 12.4. The van der Waals surface area contributed by atoms with Gasteiger partial charge in [-0.2, -0.15) is 0 Å². The summed E-state index contributed by atoms with van der Waals surface area (Å²) >= 11 is 4.96. The second-order valence-corrected chi connectivity index (χ2v) is 7.43. The highest BCUT2D eigenvalue weighted by atomic mass is 79.9. The molecule has 0 N–H and O–H groups in total. The molecule has 2 aromatic rings. The first-order chi connectivity index (χ1) is 11.4. The highest BCUT2D eigenvalue weighted by Crippen LogP contribution is 2.18. The molecule has 6 heteroatoms. The SMILES string of the molecule is CSc1nc(C)c(CCC(=O)N(C)Cc2ccc(Br)cc2)c(C)n1. The normalized spacial score (nSPS) is 10.7. The maximum atomic E-state index is 12.4. The van der Waals surface area contributed by atoms with Crippen LogP contribution < -0.4 is 0 Å². The van der Waals surface area contributed by atoms with E-state index in [2.05, 4.69) is 25.9 Å². The lowest BCUT2D eigenvalue weighted by Crippen LogP contribution is -2.26. The fourth-order valence-corrected chi connectivity index (χ4v) is 3.26. The van der Waals surface area contributed by atoms with Crippen LogP contribution in [0.4, 0.5) is 0 Å². The predicted molar refractivity (Wildman–Crippen MR) is 102 cm³/mol. The van der Waals surface area contributed by atoms with Crippen LogP contribution in [0.1, 0.15) is 28.9 Å². The van der Waals surface area contributed by atoms with Gasteiger partial charge in [0.15, 0.2) is 5.16 Å². The first-order valence-electron chi connectivity index (χ1n) is 7.77. The average Bonchev–Trinajstić information content (AvgIpc) is 2.55. The number of aryl methyl sites for hydroxylation is 2. The van der Waals surface area contributed by atoms with Crippen LogP contribution in [0.3, 0.4) is 0 Å². The van der Waals surface area contributed by atoms with Crippen molar-refractivity contribution in [3.05, 3.63) is 51.3 Å². The number of carbonyl (C=O) groups is 1. The first kappa shape index (κ1) is 18.9. The van der Waals surface area contributed by atoms with E-state index >= 15 is 0 Å². The molecular weight excluding hydrogens is 386 g/mol. The van der Waals surface area contributed by atoms with E-state index in [0.717, 1.165) is 32.1 Å². The summed E-state index contributed by atoms with van der Waals surface area (Å²) in [6.07, 6.45) is 3.11. The number of amides is 1. The van der Waals surface area contributed by atoms with Crippen LogP contribution in [0.25, 0.3) is 0 Å². The highest BCUT2D eigenvalue weighted by molar-refractivity contribution is 9.10. The number of nitrogens with zero attached hydrogens (tertiary/aromatic N) is 3. The van der Waals surface area contributed by atoms with Gasteiger partial charge in [0.2, 0.25) is 5.91 Å². The summed E-state index contributed by atoms with van der Waals surface area (Å²) in [6.45, 7) is 4.59. The summed E-state index contributed by atoms with van der Waals surface area (Å²) < 4.78 is 1.04. The van der Waals surface area contributed by atoms with E-state index in [1.54, 1.807) is 4.90 Å². The average molecular weight is 408 g/mol. The molecular formula is C18H22BrN3OS. The van der Waals surface area contributed by atoms with Crippen molar-refractivity contribution in [2.45, 2.75) is 38.4 Å². The van der Waals surface area contributed by atoms with Gasteiger partial charge in [-0.1, -0.05) is 39.8 Å². The third kappa shape index (κ3) is 5.05. The third-order valence-corrected chi connectivity index (χ3v) is 5.01. The largest absolute Gasteiger partial charge is 0.341 e. The molecule has 0 bridgehead atoms. The van der Waals surface area contributed by atoms with Crippen LogP contribution in [-0.2, 0) is 17.8 Å². The van der Waals surface area contributed by atoms with Gasteiger partial charge in [0.1, 0.15) is 0 Å². The molecule has 0 aliphatic rings. The van der Waals surface area contributed by atoms with Crippen LogP contribution in [-0.4, -0.2) is 34.1 Å². The second-order valence-electron chi connectivity index (χ2n) is 5.74. The Bertz CT molecular complexity index is 696. The van der Waals surface area contributed by atoms with Crippen molar-refractivity contribution < 1.29 is 4.79 Å². The molecule has 24 heavy (non-hydrogen) atoms. The summed E-state index contributed by atoms with van der Waals surface area (Å²) in [5.41, 5.74) is 4.14. The Morgan fingerprint density at radius 2 is 1.75 bits per heavy atom. The number of rotatable bonds is 6. The standard InChI is InChI=1S/C18H22BrN3OS/c1-12-16(13(2)21-18(20-12)24-4)9-10-17(23)22(3)11-14-5-7-15(19)8-6-14/h5-8H,9-11H2,1-4H3. The van der Waals surface area contributed by atoms with Crippen LogP contribution in [0.15, 0.2) is 33.9 Å². The summed E-state index contributed by atoms with van der Waals surface area (Å²) in [4.78, 5) is 23.1. The summed E-state index contributed by atoms with van der Waals surface area (Å²) in [7, 11) is 1.84. The van der Waals surface area contributed by atoms with Crippen molar-refractivity contribution in [3.63, 3.8) is 0 Å².